The highest BCUT2D eigenvalue weighted by Crippen LogP contribution is 2.27. The van der Waals surface area contributed by atoms with Gasteiger partial charge in [0.25, 0.3) is 0 Å². The molecule has 25 heavy (non-hydrogen) atoms. The molecule has 1 aliphatic rings. The van der Waals surface area contributed by atoms with Gasteiger partial charge in [0.1, 0.15) is 12.1 Å². The third-order valence-electron chi connectivity index (χ3n) is 4.63. The van der Waals surface area contributed by atoms with E-state index >= 15 is 0 Å². The van der Waals surface area contributed by atoms with E-state index in [0.29, 0.717) is 0 Å². The molecule has 0 bridgehead atoms. The molecule has 0 N–H and O–H groups in total. The minimum atomic E-state index is 0.824. The smallest absolute Gasteiger partial charge is 0.150 e. The van der Waals surface area contributed by atoms with E-state index in [1.807, 2.05) is 25.1 Å². The lowest BCUT2D eigenvalue weighted by Gasteiger charge is -2.35. The first-order valence-corrected chi connectivity index (χ1v) is 8.49. The third-order valence-corrected chi connectivity index (χ3v) is 4.63. The van der Waals surface area contributed by atoms with Crippen LogP contribution in [-0.4, -0.2) is 60.3 Å². The Labute approximate surface area is 146 Å². The average molecular weight is 338 g/mol. The molecule has 7 nitrogen and oxygen atoms in total. The zero-order valence-corrected chi connectivity index (χ0v) is 14.6. The Morgan fingerprint density at radius 3 is 2.64 bits per heavy atom. The molecular weight excluding hydrogens is 316 g/mol. The Morgan fingerprint density at radius 2 is 1.92 bits per heavy atom. The van der Waals surface area contributed by atoms with E-state index in [4.69, 9.17) is 4.52 Å². The van der Waals surface area contributed by atoms with Gasteiger partial charge in [0.05, 0.1) is 18.3 Å². The predicted octanol–water partition coefficient (Wildman–Crippen LogP) is 2.01. The van der Waals surface area contributed by atoms with Crippen LogP contribution in [-0.2, 0) is 6.54 Å². The molecule has 0 unspecified atom stereocenters. The van der Waals surface area contributed by atoms with Crippen LogP contribution in [0.3, 0.4) is 0 Å². The monoisotopic (exact) mass is 338 g/mol. The van der Waals surface area contributed by atoms with Crippen molar-refractivity contribution >= 4 is 22.4 Å². The van der Waals surface area contributed by atoms with E-state index in [2.05, 4.69) is 43.1 Å². The fourth-order valence-electron chi connectivity index (χ4n) is 3.29. The van der Waals surface area contributed by atoms with Gasteiger partial charge < -0.3 is 14.3 Å². The molecule has 0 saturated carbocycles. The minimum absolute atomic E-state index is 0.824. The number of aromatic nitrogens is 3. The van der Waals surface area contributed by atoms with Gasteiger partial charge in [0.15, 0.2) is 5.76 Å². The summed E-state index contributed by atoms with van der Waals surface area (Å²) in [5.41, 5.74) is 2.20. The van der Waals surface area contributed by atoms with Gasteiger partial charge in [0, 0.05) is 57.4 Å². The molecule has 1 aromatic carbocycles. The van der Waals surface area contributed by atoms with Crippen LogP contribution in [0.25, 0.3) is 10.9 Å². The third kappa shape index (κ3) is 3.28. The second-order valence-corrected chi connectivity index (χ2v) is 6.54. The SMILES string of the molecule is CN(C)c1ncnc2ccc(N3CCN(Cc4ccno4)CC3)cc12. The van der Waals surface area contributed by atoms with E-state index in [1.54, 1.807) is 12.5 Å². The van der Waals surface area contributed by atoms with E-state index in [1.165, 1.54) is 5.69 Å². The molecule has 3 aromatic rings. The number of benzene rings is 1. The zero-order chi connectivity index (χ0) is 17.2. The highest BCUT2D eigenvalue weighted by molar-refractivity contribution is 5.91. The van der Waals surface area contributed by atoms with Gasteiger partial charge in [-0.25, -0.2) is 9.97 Å². The molecule has 130 valence electrons. The van der Waals surface area contributed by atoms with Crippen molar-refractivity contribution in [2.24, 2.45) is 0 Å². The quantitative estimate of drug-likeness (QED) is 0.721. The van der Waals surface area contributed by atoms with Crippen molar-refractivity contribution in [3.05, 3.63) is 42.5 Å². The fourth-order valence-corrected chi connectivity index (χ4v) is 3.29. The van der Waals surface area contributed by atoms with Gasteiger partial charge in [-0.05, 0) is 18.2 Å². The van der Waals surface area contributed by atoms with Crippen molar-refractivity contribution in [3.63, 3.8) is 0 Å². The first-order chi connectivity index (χ1) is 12.2. The van der Waals surface area contributed by atoms with Crippen molar-refractivity contribution in [1.29, 1.82) is 0 Å². The van der Waals surface area contributed by atoms with Crippen molar-refractivity contribution in [3.8, 4) is 0 Å². The molecule has 3 heterocycles. The molecule has 0 radical (unpaired) electrons. The summed E-state index contributed by atoms with van der Waals surface area (Å²) in [7, 11) is 4.02. The van der Waals surface area contributed by atoms with Crippen LogP contribution < -0.4 is 9.80 Å². The molecular formula is C18H22N6O. The van der Waals surface area contributed by atoms with Crippen LogP contribution in [0, 0.1) is 0 Å². The van der Waals surface area contributed by atoms with Gasteiger partial charge in [0.2, 0.25) is 0 Å². The van der Waals surface area contributed by atoms with Crippen molar-refractivity contribution in [1.82, 2.24) is 20.0 Å². The lowest BCUT2D eigenvalue weighted by molar-refractivity contribution is 0.220. The normalized spacial score (nSPS) is 15.7. The van der Waals surface area contributed by atoms with Gasteiger partial charge in [-0.2, -0.15) is 0 Å². The summed E-state index contributed by atoms with van der Waals surface area (Å²) in [5.74, 6) is 1.88. The molecule has 0 aliphatic carbocycles. The Morgan fingerprint density at radius 1 is 1.08 bits per heavy atom. The number of hydrogen-bond acceptors (Lipinski definition) is 7. The Hall–Kier alpha value is -2.67. The largest absolute Gasteiger partial charge is 0.369 e. The van der Waals surface area contributed by atoms with Crippen LogP contribution in [0.2, 0.25) is 0 Å². The van der Waals surface area contributed by atoms with Crippen LogP contribution >= 0.6 is 0 Å². The highest BCUT2D eigenvalue weighted by Gasteiger charge is 2.19. The summed E-state index contributed by atoms with van der Waals surface area (Å²) in [5, 5.41) is 4.87. The summed E-state index contributed by atoms with van der Waals surface area (Å²) in [6, 6.07) is 8.37. The van der Waals surface area contributed by atoms with Gasteiger partial charge >= 0.3 is 0 Å². The Balaban J connectivity index is 1.50. The second-order valence-electron chi connectivity index (χ2n) is 6.54. The number of anilines is 2. The van der Waals surface area contributed by atoms with Crippen LogP contribution in [0.5, 0.6) is 0 Å². The van der Waals surface area contributed by atoms with Crippen LogP contribution in [0.1, 0.15) is 5.76 Å². The van der Waals surface area contributed by atoms with Gasteiger partial charge in [-0.1, -0.05) is 5.16 Å². The van der Waals surface area contributed by atoms with Crippen LogP contribution in [0.15, 0.2) is 41.3 Å². The summed E-state index contributed by atoms with van der Waals surface area (Å²) >= 11 is 0. The number of piperazine rings is 1. The topological polar surface area (TPSA) is 61.5 Å². The maximum atomic E-state index is 5.21. The Bertz CT molecular complexity index is 840. The first kappa shape index (κ1) is 15.8. The van der Waals surface area contributed by atoms with E-state index in [9.17, 15) is 0 Å². The molecule has 1 fully saturated rings. The summed E-state index contributed by atoms with van der Waals surface area (Å²) in [6.45, 7) is 4.81. The second kappa shape index (κ2) is 6.68. The summed E-state index contributed by atoms with van der Waals surface area (Å²) in [6.07, 6.45) is 3.32. The minimum Gasteiger partial charge on any atom is -0.369 e. The summed E-state index contributed by atoms with van der Waals surface area (Å²) < 4.78 is 5.21. The highest BCUT2D eigenvalue weighted by atomic mass is 16.5. The van der Waals surface area contributed by atoms with Crippen molar-refractivity contribution < 1.29 is 4.52 Å². The molecule has 0 atom stereocenters. The molecule has 1 saturated heterocycles. The van der Waals surface area contributed by atoms with Crippen LogP contribution in [0.4, 0.5) is 11.5 Å². The van der Waals surface area contributed by atoms with Crippen molar-refractivity contribution in [2.75, 3.05) is 50.1 Å². The average Bonchev–Trinajstić information content (AvgIpc) is 3.14. The number of hydrogen-bond donors (Lipinski definition) is 0. The Kier molecular flexibility index (Phi) is 4.23. The van der Waals surface area contributed by atoms with Gasteiger partial charge in [-0.3, -0.25) is 4.90 Å². The van der Waals surface area contributed by atoms with Crippen molar-refractivity contribution in [2.45, 2.75) is 6.54 Å². The van der Waals surface area contributed by atoms with E-state index in [0.717, 1.165) is 55.2 Å². The lowest BCUT2D eigenvalue weighted by Crippen LogP contribution is -2.45. The molecule has 0 spiro atoms. The number of nitrogens with zero attached hydrogens (tertiary/aromatic N) is 6. The molecule has 0 amide bonds. The molecule has 1 aliphatic heterocycles. The fraction of sp³-hybridized carbons (Fsp3) is 0.389. The van der Waals surface area contributed by atoms with E-state index in [-0.39, 0.29) is 0 Å². The lowest BCUT2D eigenvalue weighted by atomic mass is 10.1. The number of fused-ring (bicyclic) bond motifs is 1. The maximum absolute atomic E-state index is 5.21. The molecule has 4 rings (SSSR count). The number of rotatable bonds is 4. The van der Waals surface area contributed by atoms with Gasteiger partial charge in [-0.15, -0.1) is 0 Å². The molecule has 7 heteroatoms. The zero-order valence-electron chi connectivity index (χ0n) is 14.6. The van der Waals surface area contributed by atoms with E-state index < -0.39 is 0 Å². The summed E-state index contributed by atoms with van der Waals surface area (Å²) in [4.78, 5) is 15.6. The predicted molar refractivity (Wildman–Crippen MR) is 97.9 cm³/mol. The first-order valence-electron chi connectivity index (χ1n) is 8.49. The molecule has 2 aromatic heterocycles. The maximum Gasteiger partial charge on any atom is 0.150 e. The standard InChI is InChI=1S/C18H22N6O/c1-22(2)18-16-11-14(3-4-17(16)19-13-20-18)24-9-7-23(8-10-24)12-15-5-6-21-25-15/h3-6,11,13H,7-10,12H2,1-2H3.